The predicted octanol–water partition coefficient (Wildman–Crippen LogP) is 1.85. The summed E-state index contributed by atoms with van der Waals surface area (Å²) in [5, 5.41) is 18.8. The fraction of sp³-hybridized carbons (Fsp3) is 0.300. The zero-order valence-corrected chi connectivity index (χ0v) is 10.2. The molecule has 4 N–H and O–H groups in total. The summed E-state index contributed by atoms with van der Waals surface area (Å²) < 4.78 is 0. The van der Waals surface area contributed by atoms with E-state index in [1.165, 1.54) is 6.92 Å². The lowest BCUT2D eigenvalue weighted by molar-refractivity contribution is -0.154. The number of thioether (sulfide) groups is 1. The normalized spacial score (nSPS) is 14.4. The number of aliphatic carboxylic acids is 1. The number of benzene rings is 1. The van der Waals surface area contributed by atoms with Crippen LogP contribution < -0.4 is 5.73 Å². The average Bonchev–Trinajstić information content (AvgIpc) is 2.19. The van der Waals surface area contributed by atoms with Gasteiger partial charge in [-0.3, -0.25) is 0 Å². The van der Waals surface area contributed by atoms with E-state index in [4.69, 9.17) is 22.4 Å². The fourth-order valence-electron chi connectivity index (χ4n) is 0.913. The minimum Gasteiger partial charge on any atom is -0.479 e. The van der Waals surface area contributed by atoms with Gasteiger partial charge in [-0.25, -0.2) is 4.79 Å². The minimum absolute atomic E-state index is 0.00682. The van der Waals surface area contributed by atoms with E-state index in [1.54, 1.807) is 18.2 Å². The molecule has 1 atom stereocenters. The van der Waals surface area contributed by atoms with Gasteiger partial charge in [-0.1, -0.05) is 11.6 Å². The molecule has 0 saturated carbocycles. The summed E-state index contributed by atoms with van der Waals surface area (Å²) in [6.07, 6.45) is 0. The number of carboxylic acid groups (broad SMARTS) is 1. The number of hydrogen-bond donors (Lipinski definition) is 3. The Morgan fingerprint density at radius 3 is 2.81 bits per heavy atom. The van der Waals surface area contributed by atoms with Crippen LogP contribution in [0.1, 0.15) is 6.92 Å². The molecule has 0 aliphatic heterocycles. The lowest BCUT2D eigenvalue weighted by Crippen LogP contribution is -2.37. The lowest BCUT2D eigenvalue weighted by Gasteiger charge is -2.17. The lowest BCUT2D eigenvalue weighted by atomic mass is 10.1. The van der Waals surface area contributed by atoms with Gasteiger partial charge in [0, 0.05) is 21.4 Å². The first-order valence-corrected chi connectivity index (χ1v) is 5.83. The number of rotatable bonds is 4. The third-order valence-electron chi connectivity index (χ3n) is 1.95. The molecule has 16 heavy (non-hydrogen) atoms. The molecule has 0 amide bonds. The number of carbonyl (C=O) groups is 1. The molecule has 0 saturated heterocycles. The molecule has 0 bridgehead atoms. The van der Waals surface area contributed by atoms with Crippen molar-refractivity contribution in [3.8, 4) is 0 Å². The topological polar surface area (TPSA) is 83.5 Å². The molecule has 1 rings (SSSR count). The first kappa shape index (κ1) is 13.2. The maximum absolute atomic E-state index is 10.7. The third-order valence-corrected chi connectivity index (χ3v) is 3.55. The smallest absolute Gasteiger partial charge is 0.336 e. The molecular formula is C10H12ClNO3S. The summed E-state index contributed by atoms with van der Waals surface area (Å²) in [5.74, 6) is -1.26. The second kappa shape index (κ2) is 4.95. The average molecular weight is 262 g/mol. The number of hydrogen-bond acceptors (Lipinski definition) is 4. The highest BCUT2D eigenvalue weighted by Gasteiger charge is 2.30. The van der Waals surface area contributed by atoms with Crippen LogP contribution in [0.4, 0.5) is 5.69 Å². The van der Waals surface area contributed by atoms with Crippen molar-refractivity contribution in [2.75, 3.05) is 11.5 Å². The highest BCUT2D eigenvalue weighted by molar-refractivity contribution is 7.99. The number of carboxylic acids is 1. The van der Waals surface area contributed by atoms with Gasteiger partial charge < -0.3 is 15.9 Å². The summed E-state index contributed by atoms with van der Waals surface area (Å²) in [5.41, 5.74) is 4.42. The van der Waals surface area contributed by atoms with Gasteiger partial charge in [0.2, 0.25) is 0 Å². The van der Waals surface area contributed by atoms with Gasteiger partial charge in [0.05, 0.1) is 0 Å². The van der Waals surface area contributed by atoms with Gasteiger partial charge >= 0.3 is 5.97 Å². The SMILES string of the molecule is CC(O)(CSc1cc(Cl)ccc1N)C(=O)O. The molecule has 1 aromatic rings. The molecule has 4 nitrogen and oxygen atoms in total. The van der Waals surface area contributed by atoms with Crippen molar-refractivity contribution in [2.45, 2.75) is 17.4 Å². The van der Waals surface area contributed by atoms with Crippen LogP contribution in [-0.2, 0) is 4.79 Å². The Kier molecular flexibility index (Phi) is 4.07. The van der Waals surface area contributed by atoms with Crippen molar-refractivity contribution < 1.29 is 15.0 Å². The number of aliphatic hydroxyl groups is 1. The summed E-state index contributed by atoms with van der Waals surface area (Å²) in [7, 11) is 0. The van der Waals surface area contributed by atoms with Crippen LogP contribution in [0.2, 0.25) is 5.02 Å². The Morgan fingerprint density at radius 1 is 1.62 bits per heavy atom. The molecule has 6 heteroatoms. The van der Waals surface area contributed by atoms with Crippen LogP contribution in [0.5, 0.6) is 0 Å². The summed E-state index contributed by atoms with van der Waals surface area (Å²) in [4.78, 5) is 11.3. The third kappa shape index (κ3) is 3.30. The highest BCUT2D eigenvalue weighted by Crippen LogP contribution is 2.30. The maximum atomic E-state index is 10.7. The van der Waals surface area contributed by atoms with Gasteiger partial charge in [0.25, 0.3) is 0 Å². The van der Waals surface area contributed by atoms with Crippen molar-refractivity contribution in [1.29, 1.82) is 0 Å². The van der Waals surface area contributed by atoms with Gasteiger partial charge in [-0.15, -0.1) is 11.8 Å². The molecule has 0 fully saturated rings. The van der Waals surface area contributed by atoms with Gasteiger partial charge in [0.15, 0.2) is 5.60 Å². The first-order valence-electron chi connectivity index (χ1n) is 4.46. The highest BCUT2D eigenvalue weighted by atomic mass is 35.5. The minimum atomic E-state index is -1.78. The quantitative estimate of drug-likeness (QED) is 0.569. The van der Waals surface area contributed by atoms with E-state index in [0.717, 1.165) is 11.8 Å². The largest absolute Gasteiger partial charge is 0.479 e. The summed E-state index contributed by atoms with van der Waals surface area (Å²) in [6, 6.07) is 4.93. The molecular weight excluding hydrogens is 250 g/mol. The summed E-state index contributed by atoms with van der Waals surface area (Å²) in [6.45, 7) is 1.24. The van der Waals surface area contributed by atoms with Crippen molar-refractivity contribution in [3.63, 3.8) is 0 Å². The van der Waals surface area contributed by atoms with Gasteiger partial charge in [-0.05, 0) is 25.1 Å². The maximum Gasteiger partial charge on any atom is 0.336 e. The van der Waals surface area contributed by atoms with Crippen LogP contribution in [0.15, 0.2) is 23.1 Å². The predicted molar refractivity (Wildman–Crippen MR) is 64.8 cm³/mol. The van der Waals surface area contributed by atoms with Crippen LogP contribution in [0.25, 0.3) is 0 Å². The van der Waals surface area contributed by atoms with E-state index in [-0.39, 0.29) is 5.75 Å². The number of nitrogen functional groups attached to an aromatic ring is 1. The second-order valence-electron chi connectivity index (χ2n) is 3.55. The van der Waals surface area contributed by atoms with Crippen LogP contribution >= 0.6 is 23.4 Å². The Hall–Kier alpha value is -0.910. The van der Waals surface area contributed by atoms with E-state index in [0.29, 0.717) is 15.6 Å². The Morgan fingerprint density at radius 2 is 2.25 bits per heavy atom. The standard InChI is InChI=1S/C10H12ClNO3S/c1-10(15,9(13)14)5-16-8-4-6(11)2-3-7(8)12/h2-4,15H,5,12H2,1H3,(H,13,14). The second-order valence-corrected chi connectivity index (χ2v) is 5.00. The summed E-state index contributed by atoms with van der Waals surface area (Å²) >= 11 is 6.94. The zero-order valence-electron chi connectivity index (χ0n) is 8.61. The molecule has 88 valence electrons. The molecule has 1 unspecified atom stereocenters. The monoisotopic (exact) mass is 261 g/mol. The Balaban J connectivity index is 2.75. The molecule has 0 aliphatic rings. The number of halogens is 1. The fourth-order valence-corrected chi connectivity index (χ4v) is 2.16. The van der Waals surface area contributed by atoms with E-state index < -0.39 is 11.6 Å². The Labute approximate surface area is 102 Å². The zero-order chi connectivity index (χ0) is 12.3. The van der Waals surface area contributed by atoms with Gasteiger partial charge in [-0.2, -0.15) is 0 Å². The van der Waals surface area contributed by atoms with Crippen LogP contribution in [0.3, 0.4) is 0 Å². The van der Waals surface area contributed by atoms with E-state index in [2.05, 4.69) is 0 Å². The van der Waals surface area contributed by atoms with E-state index >= 15 is 0 Å². The molecule has 0 aliphatic carbocycles. The molecule has 0 heterocycles. The van der Waals surface area contributed by atoms with Gasteiger partial charge in [0.1, 0.15) is 0 Å². The van der Waals surface area contributed by atoms with E-state index in [1.807, 2.05) is 0 Å². The molecule has 1 aromatic carbocycles. The van der Waals surface area contributed by atoms with Crippen LogP contribution in [0, 0.1) is 0 Å². The number of nitrogens with two attached hydrogens (primary N) is 1. The first-order chi connectivity index (χ1) is 7.33. The Bertz CT molecular complexity index is 409. The van der Waals surface area contributed by atoms with Crippen molar-refractivity contribution in [3.05, 3.63) is 23.2 Å². The van der Waals surface area contributed by atoms with E-state index in [9.17, 15) is 9.90 Å². The molecule has 0 aromatic heterocycles. The van der Waals surface area contributed by atoms with Crippen molar-refractivity contribution in [2.24, 2.45) is 0 Å². The number of anilines is 1. The molecule has 0 spiro atoms. The van der Waals surface area contributed by atoms with Crippen molar-refractivity contribution >= 4 is 35.0 Å². The van der Waals surface area contributed by atoms with Crippen LogP contribution in [-0.4, -0.2) is 27.5 Å². The molecule has 0 radical (unpaired) electrons. The van der Waals surface area contributed by atoms with Crippen molar-refractivity contribution in [1.82, 2.24) is 0 Å².